The van der Waals surface area contributed by atoms with E-state index in [4.69, 9.17) is 14.5 Å². The maximum absolute atomic E-state index is 11.7. The lowest BCUT2D eigenvalue weighted by molar-refractivity contribution is 0.110. The molecule has 1 aromatic heterocycles. The van der Waals surface area contributed by atoms with Crippen molar-refractivity contribution >= 4 is 21.6 Å². The molecule has 5 rings (SSSR count). The van der Waals surface area contributed by atoms with Crippen molar-refractivity contribution in [1.29, 1.82) is 0 Å². The highest BCUT2D eigenvalue weighted by Crippen LogP contribution is 2.40. The fraction of sp³-hybridized carbons (Fsp3) is 0.457. The monoisotopic (exact) mass is 572 g/mol. The van der Waals surface area contributed by atoms with Crippen molar-refractivity contribution in [2.45, 2.75) is 91.1 Å². The maximum atomic E-state index is 11.7. The summed E-state index contributed by atoms with van der Waals surface area (Å²) in [4.78, 5) is 7.16. The van der Waals surface area contributed by atoms with Crippen molar-refractivity contribution in [1.82, 2.24) is 9.88 Å². The molecule has 6 heteroatoms. The molecule has 3 aromatic carbocycles. The first-order valence-electron chi connectivity index (χ1n) is 15.0. The summed E-state index contributed by atoms with van der Waals surface area (Å²) in [6.45, 7) is 12.3. The molecule has 1 atom stereocenters. The van der Waals surface area contributed by atoms with Gasteiger partial charge < -0.3 is 14.6 Å². The Bertz CT molecular complexity index is 1440. The predicted molar refractivity (Wildman–Crippen MR) is 169 cm³/mol. The van der Waals surface area contributed by atoms with Crippen molar-refractivity contribution in [3.63, 3.8) is 0 Å². The van der Waals surface area contributed by atoms with Crippen LogP contribution in [0.2, 0.25) is 0 Å². The summed E-state index contributed by atoms with van der Waals surface area (Å²) < 4.78 is 13.1. The molecule has 0 bridgehead atoms. The molecule has 1 N–H and O–H groups in total. The molecule has 0 saturated carbocycles. The Morgan fingerprint density at radius 2 is 1.71 bits per heavy atom. The van der Waals surface area contributed by atoms with Gasteiger partial charge in [0.2, 0.25) is 0 Å². The Kier molecular flexibility index (Phi) is 9.32. The van der Waals surface area contributed by atoms with Crippen LogP contribution in [0.5, 0.6) is 10.9 Å². The van der Waals surface area contributed by atoms with Crippen LogP contribution in [0.15, 0.2) is 60.7 Å². The van der Waals surface area contributed by atoms with Crippen LogP contribution in [-0.4, -0.2) is 39.8 Å². The second-order valence-electron chi connectivity index (χ2n) is 12.5. The number of aliphatic hydroxyl groups is 1. The topological polar surface area (TPSA) is 54.8 Å². The van der Waals surface area contributed by atoms with E-state index in [1.54, 1.807) is 0 Å². The van der Waals surface area contributed by atoms with Crippen molar-refractivity contribution in [3.8, 4) is 10.9 Å². The molecule has 4 aromatic rings. The zero-order valence-electron chi connectivity index (χ0n) is 25.2. The average molecular weight is 573 g/mol. The van der Waals surface area contributed by atoms with Crippen LogP contribution in [0.4, 0.5) is 0 Å². The van der Waals surface area contributed by atoms with Crippen LogP contribution in [0, 0.1) is 0 Å². The molecule has 0 aliphatic heterocycles. The Balaban J connectivity index is 1.39. The second kappa shape index (κ2) is 12.9. The Morgan fingerprint density at radius 3 is 2.44 bits per heavy atom. The summed E-state index contributed by atoms with van der Waals surface area (Å²) in [5, 5.41) is 12.3. The minimum atomic E-state index is -0.680. The van der Waals surface area contributed by atoms with E-state index in [0.717, 1.165) is 35.3 Å². The number of aromatic nitrogens is 1. The van der Waals surface area contributed by atoms with Gasteiger partial charge in [-0.2, -0.15) is 4.98 Å². The first-order valence-corrected chi connectivity index (χ1v) is 15.8. The van der Waals surface area contributed by atoms with E-state index in [1.807, 2.05) is 52.8 Å². The molecular formula is C35H44N2O3S. The van der Waals surface area contributed by atoms with Crippen LogP contribution >= 0.6 is 11.3 Å². The van der Waals surface area contributed by atoms with Gasteiger partial charge >= 0.3 is 0 Å². The quantitative estimate of drug-likeness (QED) is 0.198. The smallest absolute Gasteiger partial charge is 0.274 e. The van der Waals surface area contributed by atoms with Gasteiger partial charge in [0.1, 0.15) is 16.9 Å². The standard InChI is InChI=1S/C35H44N2O3S/c1-24(2)39-34-36-32-31(40-35(3,4)5)18-17-29(33(32)41-34)30(38)23-37(22-26-11-7-6-8-12-26)20-19-25-15-16-27-13-9-10-14-28(27)21-25/h6-8,11-12,15-18,21,24,30,38H,9-10,13-14,19-20,22-23H2,1-5H3. The fourth-order valence-corrected chi connectivity index (χ4v) is 6.68. The highest BCUT2D eigenvalue weighted by atomic mass is 32.1. The first-order chi connectivity index (χ1) is 19.6. The zero-order valence-corrected chi connectivity index (χ0v) is 26.0. The third-order valence-corrected chi connectivity index (χ3v) is 8.43. The van der Waals surface area contributed by atoms with Gasteiger partial charge in [-0.25, -0.2) is 0 Å². The van der Waals surface area contributed by atoms with Gasteiger partial charge in [0.05, 0.1) is 16.9 Å². The molecule has 0 amide bonds. The van der Waals surface area contributed by atoms with E-state index in [0.29, 0.717) is 17.5 Å². The van der Waals surface area contributed by atoms with Crippen LogP contribution in [0.3, 0.4) is 0 Å². The zero-order chi connectivity index (χ0) is 29.0. The van der Waals surface area contributed by atoms with Crippen molar-refractivity contribution in [2.75, 3.05) is 13.1 Å². The van der Waals surface area contributed by atoms with Gasteiger partial charge in [0.15, 0.2) is 0 Å². The Hall–Kier alpha value is -2.93. The van der Waals surface area contributed by atoms with Gasteiger partial charge in [-0.3, -0.25) is 4.90 Å². The number of hydrogen-bond acceptors (Lipinski definition) is 6. The van der Waals surface area contributed by atoms with E-state index < -0.39 is 6.10 Å². The number of thiazole rings is 1. The summed E-state index contributed by atoms with van der Waals surface area (Å²) in [6.07, 6.45) is 5.28. The number of hydrogen-bond donors (Lipinski definition) is 1. The van der Waals surface area contributed by atoms with Gasteiger partial charge in [0.25, 0.3) is 5.19 Å². The van der Waals surface area contributed by atoms with E-state index in [9.17, 15) is 5.11 Å². The lowest BCUT2D eigenvalue weighted by Crippen LogP contribution is -2.30. The molecule has 1 aliphatic carbocycles. The minimum absolute atomic E-state index is 0.0147. The maximum Gasteiger partial charge on any atom is 0.274 e. The summed E-state index contributed by atoms with van der Waals surface area (Å²) in [5.74, 6) is 0.715. The molecule has 1 unspecified atom stereocenters. The summed E-state index contributed by atoms with van der Waals surface area (Å²) in [7, 11) is 0. The molecule has 0 saturated heterocycles. The Labute approximate surface area is 249 Å². The number of aryl methyl sites for hydroxylation is 2. The lowest BCUT2D eigenvalue weighted by atomic mass is 9.90. The predicted octanol–water partition coefficient (Wildman–Crippen LogP) is 7.92. The van der Waals surface area contributed by atoms with Crippen molar-refractivity contribution < 1.29 is 14.6 Å². The van der Waals surface area contributed by atoms with E-state index in [2.05, 4.69) is 47.4 Å². The SMILES string of the molecule is CC(C)Oc1nc2c(OC(C)(C)C)ccc(C(O)CN(CCc3ccc4c(c3)CCCC4)Cc3ccccc3)c2s1. The first kappa shape index (κ1) is 29.6. The minimum Gasteiger partial charge on any atom is -0.486 e. The number of benzene rings is 3. The molecule has 5 nitrogen and oxygen atoms in total. The highest BCUT2D eigenvalue weighted by molar-refractivity contribution is 7.20. The molecule has 0 spiro atoms. The highest BCUT2D eigenvalue weighted by Gasteiger charge is 2.24. The van der Waals surface area contributed by atoms with Crippen LogP contribution in [0.1, 0.15) is 81.4 Å². The summed E-state index contributed by atoms with van der Waals surface area (Å²) in [5.41, 5.74) is 6.92. The van der Waals surface area contributed by atoms with Crippen LogP contribution in [-0.2, 0) is 25.8 Å². The number of ether oxygens (including phenoxy) is 2. The van der Waals surface area contributed by atoms with Crippen molar-refractivity contribution in [2.24, 2.45) is 0 Å². The van der Waals surface area contributed by atoms with Crippen molar-refractivity contribution in [3.05, 3.63) is 88.5 Å². The molecular weight excluding hydrogens is 528 g/mol. The normalized spacial score (nSPS) is 14.4. The van der Waals surface area contributed by atoms with Crippen LogP contribution in [0.25, 0.3) is 10.2 Å². The van der Waals surface area contributed by atoms with Gasteiger partial charge in [-0.15, -0.1) is 0 Å². The van der Waals surface area contributed by atoms with Crippen LogP contribution < -0.4 is 9.47 Å². The number of rotatable bonds is 11. The molecule has 41 heavy (non-hydrogen) atoms. The molecule has 218 valence electrons. The molecule has 1 heterocycles. The largest absolute Gasteiger partial charge is 0.486 e. The number of nitrogens with zero attached hydrogens (tertiary/aromatic N) is 2. The second-order valence-corrected chi connectivity index (χ2v) is 13.4. The van der Waals surface area contributed by atoms with Gasteiger partial charge in [0, 0.05) is 25.2 Å². The molecule has 0 fully saturated rings. The third kappa shape index (κ3) is 7.88. The average Bonchev–Trinajstić information content (AvgIpc) is 3.35. The van der Waals surface area contributed by atoms with Gasteiger partial charge in [-0.05, 0) is 95.0 Å². The summed E-state index contributed by atoms with van der Waals surface area (Å²) >= 11 is 1.48. The van der Waals surface area contributed by atoms with E-state index >= 15 is 0 Å². The van der Waals surface area contributed by atoms with Gasteiger partial charge in [-0.1, -0.05) is 65.9 Å². The number of aliphatic hydroxyl groups excluding tert-OH is 1. The fourth-order valence-electron chi connectivity index (χ4n) is 5.56. The third-order valence-electron chi connectivity index (χ3n) is 7.44. The van der Waals surface area contributed by atoms with E-state index in [-0.39, 0.29) is 11.7 Å². The lowest BCUT2D eigenvalue weighted by Gasteiger charge is -2.26. The number of fused-ring (bicyclic) bond motifs is 2. The molecule has 1 aliphatic rings. The van der Waals surface area contributed by atoms with E-state index in [1.165, 1.54) is 59.3 Å². The Morgan fingerprint density at radius 1 is 0.951 bits per heavy atom. The molecule has 0 radical (unpaired) electrons. The summed E-state index contributed by atoms with van der Waals surface area (Å²) in [6, 6.07) is 21.5.